The Morgan fingerprint density at radius 1 is 0.659 bits per heavy atom. The Hall–Kier alpha value is -0.910. The summed E-state index contributed by atoms with van der Waals surface area (Å²) >= 11 is 2.05. The lowest BCUT2D eigenvalue weighted by Gasteiger charge is -2.42. The Bertz CT molecular complexity index is 1060. The molecule has 0 N–H and O–H groups in total. The number of unbranched alkanes of at least 4 members (excludes halogenated alkanes) is 3. The molecule has 0 amide bonds. The van der Waals surface area contributed by atoms with E-state index in [1.807, 2.05) is 11.8 Å². The van der Waals surface area contributed by atoms with Crippen LogP contribution in [0.15, 0.2) is 0 Å². The first kappa shape index (κ1) is 43.1. The molecule has 1 rings (SSSR count). The van der Waals surface area contributed by atoms with Crippen molar-refractivity contribution >= 4 is 38.6 Å². The highest BCUT2D eigenvalue weighted by Gasteiger charge is 2.95. The van der Waals surface area contributed by atoms with Gasteiger partial charge in [-0.3, -0.25) is 4.79 Å². The van der Waals surface area contributed by atoms with Crippen molar-refractivity contribution in [2.45, 2.75) is 86.0 Å². The maximum atomic E-state index is 13.0. The molecule has 0 unspecified atom stereocenters. The average Bonchev–Trinajstić information content (AvgIpc) is 2.85. The molecule has 44 heavy (non-hydrogen) atoms. The van der Waals surface area contributed by atoms with Crippen LogP contribution < -0.4 is 0 Å². The molecule has 1 aliphatic heterocycles. The van der Waals surface area contributed by atoms with Crippen LogP contribution in [0.5, 0.6) is 0 Å². The molecule has 0 aromatic rings. The summed E-state index contributed by atoms with van der Waals surface area (Å²) in [5.41, 5.74) is 0. The van der Waals surface area contributed by atoms with E-state index in [9.17, 15) is 92.4 Å². The molecule has 0 bridgehead atoms. The molecule has 0 aliphatic carbocycles. The summed E-state index contributed by atoms with van der Waals surface area (Å²) in [5.74, 6) is -45.6. The van der Waals surface area contributed by atoms with Gasteiger partial charge in [0, 0.05) is 17.9 Å². The fourth-order valence-electron chi connectivity index (χ4n) is 3.06. The van der Waals surface area contributed by atoms with Crippen molar-refractivity contribution in [2.75, 3.05) is 28.8 Å². The lowest BCUT2D eigenvalue weighted by atomic mass is 9.91. The molecule has 1 aliphatic rings. The average molecular weight is 747 g/mol. The van der Waals surface area contributed by atoms with Crippen molar-refractivity contribution in [1.29, 1.82) is 0 Å². The second-order valence-electron chi connectivity index (χ2n) is 9.04. The van der Waals surface area contributed by atoms with Crippen LogP contribution >= 0.6 is 11.8 Å². The quantitative estimate of drug-likeness (QED) is 0.0803. The fourth-order valence-corrected chi connectivity index (χ4v) is 7.62. The Morgan fingerprint density at radius 2 is 1.05 bits per heavy atom. The summed E-state index contributed by atoms with van der Waals surface area (Å²) in [5, 5.41) is -7.95. The smallest absolute Gasteiger partial charge is 0.460 e. The number of ketones is 1. The van der Waals surface area contributed by atoms with Crippen LogP contribution in [-0.4, -0.2) is 94.5 Å². The van der Waals surface area contributed by atoms with E-state index in [0.717, 1.165) is 18.6 Å². The number of Topliss-reactive ketones (excluding diaryl/α,β-unsaturated/α-hetero) is 1. The van der Waals surface area contributed by atoms with E-state index in [0.29, 0.717) is 16.7 Å². The molecule has 0 radical (unpaired) electrons. The lowest BCUT2D eigenvalue weighted by molar-refractivity contribution is -0.458. The Morgan fingerprint density at radius 3 is 1.41 bits per heavy atom. The van der Waals surface area contributed by atoms with E-state index in [-0.39, 0.29) is 0 Å². The number of carbonyl (C=O) groups excluding carboxylic acids is 1. The van der Waals surface area contributed by atoms with Gasteiger partial charge in [0.25, 0.3) is 0 Å². The monoisotopic (exact) mass is 746 g/mol. The van der Waals surface area contributed by atoms with Gasteiger partial charge in [-0.25, -0.2) is 8.42 Å². The molecule has 24 heteroatoms. The predicted octanol–water partition coefficient (Wildman–Crippen LogP) is 7.39. The van der Waals surface area contributed by atoms with Crippen molar-refractivity contribution in [3.8, 4) is 0 Å². The Kier molecular flexibility index (Phi) is 14.2. The predicted molar refractivity (Wildman–Crippen MR) is 123 cm³/mol. The molecule has 0 spiro atoms. The van der Waals surface area contributed by atoms with Crippen LogP contribution in [0.25, 0.3) is 0 Å². The Labute approximate surface area is 245 Å². The van der Waals surface area contributed by atoms with Crippen molar-refractivity contribution in [1.82, 2.24) is 0 Å². The molecular formula is C20H23F17O4S3. The largest absolute Gasteiger partial charge is 0.743 e. The molecule has 1 fully saturated rings. The highest BCUT2D eigenvalue weighted by Crippen LogP contribution is 2.64. The van der Waals surface area contributed by atoms with Gasteiger partial charge in [-0.2, -0.15) is 86.4 Å². The molecule has 0 aromatic carbocycles. The second-order valence-corrected chi connectivity index (χ2v) is 14.0. The first-order chi connectivity index (χ1) is 19.3. The van der Waals surface area contributed by atoms with E-state index in [1.165, 1.54) is 42.3 Å². The highest BCUT2D eigenvalue weighted by atomic mass is 32.2. The molecule has 1 heterocycles. The zero-order valence-corrected chi connectivity index (χ0v) is 24.3. The summed E-state index contributed by atoms with van der Waals surface area (Å²) in [4.78, 5) is 11.7. The molecular weight excluding hydrogens is 723 g/mol. The zero-order valence-electron chi connectivity index (χ0n) is 21.9. The molecule has 4 nitrogen and oxygen atoms in total. The van der Waals surface area contributed by atoms with Gasteiger partial charge in [-0.1, -0.05) is 26.2 Å². The number of rotatable bonds is 14. The maximum absolute atomic E-state index is 13.0. The fraction of sp³-hybridized carbons (Fsp3) is 0.950. The molecule has 264 valence electrons. The summed E-state index contributed by atoms with van der Waals surface area (Å²) in [7, 11) is -7.70. The molecule has 0 atom stereocenters. The maximum Gasteiger partial charge on any atom is 0.460 e. The van der Waals surface area contributed by atoms with Gasteiger partial charge in [0.15, 0.2) is 21.7 Å². The van der Waals surface area contributed by atoms with E-state index in [2.05, 4.69) is 6.92 Å². The Balaban J connectivity index is 0.00000103. The third-order valence-electron chi connectivity index (χ3n) is 5.71. The minimum absolute atomic E-state index is 0.448. The number of hydrogen-bond acceptors (Lipinski definition) is 5. The SMILES string of the molecule is CCCCCCC(=O)C[S+]1CCSCC1.O=S(=O)([O-])C(F)(F)C(F)(F)C(F)(F)C(F)(F)C(F)(F)C(F)(F)C(F)(F)C(F)(F)F. The lowest BCUT2D eigenvalue weighted by Crippen LogP contribution is -2.75. The van der Waals surface area contributed by atoms with Gasteiger partial charge < -0.3 is 4.55 Å². The number of thioether (sulfide) groups is 1. The highest BCUT2D eigenvalue weighted by molar-refractivity contribution is 8.05. The van der Waals surface area contributed by atoms with Crippen molar-refractivity contribution in [2.24, 2.45) is 0 Å². The van der Waals surface area contributed by atoms with Crippen LogP contribution in [0.2, 0.25) is 0 Å². The summed E-state index contributed by atoms with van der Waals surface area (Å²) < 4.78 is 244. The van der Waals surface area contributed by atoms with Crippen molar-refractivity contribution < 1.29 is 92.4 Å². The molecule has 1 saturated heterocycles. The first-order valence-electron chi connectivity index (χ1n) is 11.7. The first-order valence-corrected chi connectivity index (χ1v) is 16.0. The van der Waals surface area contributed by atoms with E-state index < -0.39 is 57.1 Å². The van der Waals surface area contributed by atoms with Crippen LogP contribution in [0, 0.1) is 0 Å². The van der Waals surface area contributed by atoms with Crippen LogP contribution in [0.1, 0.15) is 39.0 Å². The number of hydrogen-bond donors (Lipinski definition) is 0. The van der Waals surface area contributed by atoms with E-state index in [4.69, 9.17) is 0 Å². The van der Waals surface area contributed by atoms with E-state index in [1.54, 1.807) is 0 Å². The van der Waals surface area contributed by atoms with Gasteiger partial charge in [-0.15, -0.1) is 0 Å². The third kappa shape index (κ3) is 8.32. The van der Waals surface area contributed by atoms with Gasteiger partial charge in [0.2, 0.25) is 0 Å². The number of halogens is 17. The van der Waals surface area contributed by atoms with Crippen molar-refractivity contribution in [3.05, 3.63) is 0 Å². The number of alkyl halides is 17. The van der Waals surface area contributed by atoms with Crippen LogP contribution in [0.4, 0.5) is 74.6 Å². The van der Waals surface area contributed by atoms with Gasteiger partial charge in [0.1, 0.15) is 11.5 Å². The van der Waals surface area contributed by atoms with E-state index >= 15 is 0 Å². The third-order valence-corrected chi connectivity index (χ3v) is 10.4. The standard InChI is InChI=1S/C12H23OS2.C8HF17O3S/c1-2-3-4-5-6-12(13)11-15-9-7-14-8-10-15;9-1(10,3(13,14)5(17,18)7(21,22)23)2(11,12)4(15,16)6(19,20)8(24,25)29(26,27)28/h2-11H2,1H3;(H,26,27,28)/q+1;/p-1. The number of carbonyl (C=O) groups is 1. The summed E-state index contributed by atoms with van der Waals surface area (Å²) in [6.07, 6.45) is -2.14. The van der Waals surface area contributed by atoms with Crippen LogP contribution in [-0.2, 0) is 25.8 Å². The van der Waals surface area contributed by atoms with Crippen LogP contribution in [0.3, 0.4) is 0 Å². The zero-order chi connectivity index (χ0) is 35.4. The topological polar surface area (TPSA) is 74.3 Å². The minimum Gasteiger partial charge on any atom is -0.743 e. The summed E-state index contributed by atoms with van der Waals surface area (Å²) in [6.45, 7) is 2.21. The van der Waals surface area contributed by atoms with Gasteiger partial charge in [-0.05, 0) is 17.3 Å². The molecule has 0 saturated carbocycles. The normalized spacial score (nSPS) is 17.2. The van der Waals surface area contributed by atoms with Gasteiger partial charge >= 0.3 is 47.0 Å². The van der Waals surface area contributed by atoms with Gasteiger partial charge in [0.05, 0.1) is 0 Å². The van der Waals surface area contributed by atoms with Crippen molar-refractivity contribution in [3.63, 3.8) is 0 Å². The summed E-state index contributed by atoms with van der Waals surface area (Å²) in [6, 6.07) is 0. The minimum atomic E-state index is -8.92. The second kappa shape index (κ2) is 14.5. The molecule has 0 aromatic heterocycles.